The first-order valence-corrected chi connectivity index (χ1v) is 12.3. The van der Waals surface area contributed by atoms with Gasteiger partial charge in [-0.2, -0.15) is 0 Å². The van der Waals surface area contributed by atoms with E-state index in [9.17, 15) is 9.18 Å². The molecule has 7 nitrogen and oxygen atoms in total. The molecule has 38 heavy (non-hydrogen) atoms. The van der Waals surface area contributed by atoms with Crippen molar-refractivity contribution in [3.8, 4) is 16.9 Å². The minimum absolute atomic E-state index is 0.313. The van der Waals surface area contributed by atoms with E-state index in [1.165, 1.54) is 6.07 Å². The molecule has 1 amide bonds. The number of aromatic nitrogens is 2. The smallest absolute Gasteiger partial charge is 0.251 e. The van der Waals surface area contributed by atoms with Crippen molar-refractivity contribution in [3.63, 3.8) is 0 Å². The standard InChI is InChI=1S/C30H27FN4O3/c1-18-7-9-24(25(31)12-18)20-13-21(28-16-29(38-35-28)27-6-4-5-11-32-27)15-22(14-20)30(36)34-19(2)26-10-8-23(37-3)17-33-26/h4-15,17,19,29H,16H2,1-3H3,(H,34,36)/t19-,29?/m1/s1. The molecule has 0 saturated carbocycles. The van der Waals surface area contributed by atoms with E-state index >= 15 is 0 Å². The Morgan fingerprint density at radius 1 is 1.08 bits per heavy atom. The zero-order chi connectivity index (χ0) is 26.6. The third-order valence-corrected chi connectivity index (χ3v) is 6.44. The molecule has 0 aliphatic carbocycles. The van der Waals surface area contributed by atoms with Gasteiger partial charge in [-0.15, -0.1) is 0 Å². The van der Waals surface area contributed by atoms with Crippen molar-refractivity contribution in [1.29, 1.82) is 0 Å². The van der Waals surface area contributed by atoms with E-state index in [1.54, 1.807) is 49.8 Å². The van der Waals surface area contributed by atoms with E-state index in [4.69, 9.17) is 9.57 Å². The average molecular weight is 511 g/mol. The zero-order valence-electron chi connectivity index (χ0n) is 21.3. The Hall–Kier alpha value is -4.59. The van der Waals surface area contributed by atoms with Crippen LogP contribution in [0.15, 0.2) is 84.3 Å². The van der Waals surface area contributed by atoms with Gasteiger partial charge in [0.25, 0.3) is 5.91 Å². The van der Waals surface area contributed by atoms with Crippen molar-refractivity contribution in [1.82, 2.24) is 15.3 Å². The first-order chi connectivity index (χ1) is 18.4. The van der Waals surface area contributed by atoms with E-state index in [0.717, 1.165) is 11.3 Å². The van der Waals surface area contributed by atoms with Gasteiger partial charge in [-0.3, -0.25) is 14.8 Å². The van der Waals surface area contributed by atoms with Crippen LogP contribution in [0.3, 0.4) is 0 Å². The van der Waals surface area contributed by atoms with Crippen LogP contribution in [0.2, 0.25) is 0 Å². The van der Waals surface area contributed by atoms with Crippen LogP contribution in [-0.2, 0) is 4.84 Å². The molecule has 0 fully saturated rings. The highest BCUT2D eigenvalue weighted by Crippen LogP contribution is 2.32. The second-order valence-corrected chi connectivity index (χ2v) is 9.19. The molecule has 8 heteroatoms. The largest absolute Gasteiger partial charge is 0.495 e. The van der Waals surface area contributed by atoms with Gasteiger partial charge in [0.1, 0.15) is 11.6 Å². The number of halogens is 1. The van der Waals surface area contributed by atoms with E-state index in [0.29, 0.717) is 45.8 Å². The van der Waals surface area contributed by atoms with Crippen molar-refractivity contribution in [2.75, 3.05) is 7.11 Å². The van der Waals surface area contributed by atoms with Gasteiger partial charge >= 0.3 is 0 Å². The molecule has 4 aromatic rings. The van der Waals surface area contributed by atoms with Crippen molar-refractivity contribution in [2.45, 2.75) is 32.4 Å². The second kappa shape index (κ2) is 10.8. The number of ether oxygens (including phenoxy) is 1. The summed E-state index contributed by atoms with van der Waals surface area (Å²) in [6.45, 7) is 3.68. The van der Waals surface area contributed by atoms with Crippen molar-refractivity contribution in [3.05, 3.63) is 113 Å². The van der Waals surface area contributed by atoms with Crippen LogP contribution in [0.5, 0.6) is 5.75 Å². The molecule has 0 bridgehead atoms. The zero-order valence-corrected chi connectivity index (χ0v) is 21.3. The number of hydrogen-bond donors (Lipinski definition) is 1. The lowest BCUT2D eigenvalue weighted by atomic mass is 9.94. The quantitative estimate of drug-likeness (QED) is 0.332. The molecule has 2 aromatic heterocycles. The number of oxime groups is 1. The lowest BCUT2D eigenvalue weighted by Gasteiger charge is -2.16. The molecule has 1 aliphatic heterocycles. The number of carbonyl (C=O) groups is 1. The fourth-order valence-corrected chi connectivity index (χ4v) is 4.33. The second-order valence-electron chi connectivity index (χ2n) is 9.19. The molecular weight excluding hydrogens is 483 g/mol. The van der Waals surface area contributed by atoms with E-state index in [-0.39, 0.29) is 23.9 Å². The molecule has 5 rings (SSSR count). The normalized spacial score (nSPS) is 15.4. The average Bonchev–Trinajstić information content (AvgIpc) is 3.44. The number of nitrogens with zero attached hydrogens (tertiary/aromatic N) is 3. The summed E-state index contributed by atoms with van der Waals surface area (Å²) < 4.78 is 20.1. The Kier molecular flexibility index (Phi) is 7.13. The molecule has 0 radical (unpaired) electrons. The molecule has 1 N–H and O–H groups in total. The minimum Gasteiger partial charge on any atom is -0.495 e. The molecule has 192 valence electrons. The Labute approximate surface area is 220 Å². The summed E-state index contributed by atoms with van der Waals surface area (Å²) in [5.74, 6) is -0.0416. The SMILES string of the molecule is COc1ccc([C@@H](C)NC(=O)c2cc(C3=NOC(c4ccccn4)C3)cc(-c3ccc(C)cc3F)c2)nc1. The summed E-state index contributed by atoms with van der Waals surface area (Å²) in [4.78, 5) is 27.8. The number of amides is 1. The highest BCUT2D eigenvalue weighted by molar-refractivity contribution is 6.05. The first-order valence-electron chi connectivity index (χ1n) is 12.3. The predicted octanol–water partition coefficient (Wildman–Crippen LogP) is 5.96. The minimum atomic E-state index is -0.364. The summed E-state index contributed by atoms with van der Waals surface area (Å²) in [5, 5.41) is 7.28. The Bertz CT molecular complexity index is 1490. The maximum Gasteiger partial charge on any atom is 0.251 e. The van der Waals surface area contributed by atoms with Gasteiger partial charge in [0.05, 0.1) is 36.4 Å². The van der Waals surface area contributed by atoms with Crippen LogP contribution < -0.4 is 10.1 Å². The Morgan fingerprint density at radius 2 is 1.92 bits per heavy atom. The highest BCUT2D eigenvalue weighted by atomic mass is 19.1. The van der Waals surface area contributed by atoms with E-state index < -0.39 is 0 Å². The van der Waals surface area contributed by atoms with Gasteiger partial charge in [0, 0.05) is 29.3 Å². The van der Waals surface area contributed by atoms with Crippen molar-refractivity contribution < 1.29 is 18.8 Å². The summed E-state index contributed by atoms with van der Waals surface area (Å²) in [6.07, 6.45) is 3.46. The lowest BCUT2D eigenvalue weighted by Crippen LogP contribution is -2.27. The third-order valence-electron chi connectivity index (χ3n) is 6.44. The van der Waals surface area contributed by atoms with Crippen LogP contribution in [0.1, 0.15) is 58.4 Å². The monoisotopic (exact) mass is 510 g/mol. The van der Waals surface area contributed by atoms with Crippen LogP contribution in [0.4, 0.5) is 4.39 Å². The molecule has 0 spiro atoms. The van der Waals surface area contributed by atoms with Crippen LogP contribution in [-0.4, -0.2) is 28.7 Å². The Morgan fingerprint density at radius 3 is 2.63 bits per heavy atom. The number of pyridine rings is 2. The number of aryl methyl sites for hydroxylation is 1. The lowest BCUT2D eigenvalue weighted by molar-refractivity contribution is 0.0826. The number of rotatable bonds is 7. The molecule has 2 atom stereocenters. The topological polar surface area (TPSA) is 85.7 Å². The summed E-state index contributed by atoms with van der Waals surface area (Å²) in [7, 11) is 1.57. The number of nitrogens with one attached hydrogen (secondary N) is 1. The number of hydrogen-bond acceptors (Lipinski definition) is 6. The number of benzene rings is 2. The maximum absolute atomic E-state index is 15.0. The van der Waals surface area contributed by atoms with E-state index in [1.807, 2.05) is 44.2 Å². The van der Waals surface area contributed by atoms with Gasteiger partial charge in [-0.25, -0.2) is 4.39 Å². The summed E-state index contributed by atoms with van der Waals surface area (Å²) in [6, 6.07) is 19.2. The van der Waals surface area contributed by atoms with Crippen LogP contribution in [0.25, 0.3) is 11.1 Å². The molecule has 1 aliphatic rings. The fraction of sp³-hybridized carbons (Fsp3) is 0.200. The molecular formula is C30H27FN4O3. The fourth-order valence-electron chi connectivity index (χ4n) is 4.33. The third kappa shape index (κ3) is 5.39. The van der Waals surface area contributed by atoms with Gasteiger partial charge < -0.3 is 14.9 Å². The van der Waals surface area contributed by atoms with Gasteiger partial charge in [0.2, 0.25) is 0 Å². The molecule has 1 unspecified atom stereocenters. The molecule has 2 aromatic carbocycles. The molecule has 3 heterocycles. The van der Waals surface area contributed by atoms with Crippen molar-refractivity contribution >= 4 is 11.6 Å². The summed E-state index contributed by atoms with van der Waals surface area (Å²) >= 11 is 0. The Balaban J connectivity index is 1.46. The van der Waals surface area contributed by atoms with Crippen LogP contribution >= 0.6 is 0 Å². The van der Waals surface area contributed by atoms with Gasteiger partial charge in [-0.05, 0) is 73.5 Å². The highest BCUT2D eigenvalue weighted by Gasteiger charge is 2.26. The predicted molar refractivity (Wildman–Crippen MR) is 142 cm³/mol. The van der Waals surface area contributed by atoms with Gasteiger partial charge in [-0.1, -0.05) is 23.4 Å². The van der Waals surface area contributed by atoms with E-state index in [2.05, 4.69) is 20.4 Å². The van der Waals surface area contributed by atoms with Gasteiger partial charge in [0.15, 0.2) is 6.10 Å². The van der Waals surface area contributed by atoms with Crippen LogP contribution in [0, 0.1) is 12.7 Å². The number of methoxy groups -OCH3 is 1. The first kappa shape index (κ1) is 25.1. The summed E-state index contributed by atoms with van der Waals surface area (Å²) in [5.41, 5.74) is 4.96. The van der Waals surface area contributed by atoms with Crippen molar-refractivity contribution in [2.24, 2.45) is 5.16 Å². The molecule has 0 saturated heterocycles. The number of carbonyl (C=O) groups excluding carboxylic acids is 1. The maximum atomic E-state index is 15.0.